The summed E-state index contributed by atoms with van der Waals surface area (Å²) in [7, 11) is 1.50. The lowest BCUT2D eigenvalue weighted by molar-refractivity contribution is -0.143. The zero-order valence-corrected chi connectivity index (χ0v) is 10.1. The summed E-state index contributed by atoms with van der Waals surface area (Å²) in [5, 5.41) is 8.59. The first kappa shape index (κ1) is 13.2. The number of aliphatic carboxylic acids is 1. The zero-order valence-electron chi connectivity index (χ0n) is 10.1. The van der Waals surface area contributed by atoms with Crippen molar-refractivity contribution in [3.63, 3.8) is 0 Å². The van der Waals surface area contributed by atoms with E-state index in [4.69, 9.17) is 5.11 Å². The molecule has 0 aromatic heterocycles. The van der Waals surface area contributed by atoms with E-state index in [0.29, 0.717) is 0 Å². The molecule has 0 unspecified atom stereocenters. The number of benzene rings is 1. The van der Waals surface area contributed by atoms with E-state index in [1.807, 2.05) is 24.3 Å². The highest BCUT2D eigenvalue weighted by atomic mass is 16.4. The van der Waals surface area contributed by atoms with Gasteiger partial charge in [-0.2, -0.15) is 0 Å². The second-order valence-corrected chi connectivity index (χ2v) is 3.99. The van der Waals surface area contributed by atoms with Gasteiger partial charge in [0.15, 0.2) is 0 Å². The van der Waals surface area contributed by atoms with Crippen LogP contribution in [-0.4, -0.2) is 35.5 Å². The summed E-state index contributed by atoms with van der Waals surface area (Å²) in [5.41, 5.74) is 2.10. The number of carboxylic acids is 1. The van der Waals surface area contributed by atoms with Gasteiger partial charge in [-0.3, -0.25) is 9.59 Å². The molecule has 92 valence electrons. The molecule has 1 aromatic carbocycles. The number of amides is 1. The van der Waals surface area contributed by atoms with Gasteiger partial charge in [-0.1, -0.05) is 31.2 Å². The minimum absolute atomic E-state index is 0.180. The highest BCUT2D eigenvalue weighted by molar-refractivity contribution is 5.82. The Morgan fingerprint density at radius 2 is 1.94 bits per heavy atom. The van der Waals surface area contributed by atoms with Crippen LogP contribution < -0.4 is 0 Å². The summed E-state index contributed by atoms with van der Waals surface area (Å²) in [6, 6.07) is 7.78. The van der Waals surface area contributed by atoms with E-state index >= 15 is 0 Å². The molecule has 0 atom stereocenters. The average molecular weight is 235 g/mol. The molecular formula is C13H17NO3. The summed E-state index contributed by atoms with van der Waals surface area (Å²) in [6.45, 7) is 1.80. The smallest absolute Gasteiger partial charge is 0.323 e. The van der Waals surface area contributed by atoms with Crippen LogP contribution in [0.5, 0.6) is 0 Å². The maximum Gasteiger partial charge on any atom is 0.323 e. The fraction of sp³-hybridized carbons (Fsp3) is 0.385. The first-order chi connectivity index (χ1) is 8.02. The van der Waals surface area contributed by atoms with E-state index in [1.54, 1.807) is 0 Å². The summed E-state index contributed by atoms with van der Waals surface area (Å²) >= 11 is 0. The van der Waals surface area contributed by atoms with Crippen LogP contribution in [0.2, 0.25) is 0 Å². The van der Waals surface area contributed by atoms with Crippen molar-refractivity contribution in [1.29, 1.82) is 0 Å². The minimum atomic E-state index is -0.997. The van der Waals surface area contributed by atoms with Gasteiger partial charge in [0.2, 0.25) is 5.91 Å². The number of carbonyl (C=O) groups is 2. The lowest BCUT2D eigenvalue weighted by atomic mass is 10.1. The molecule has 17 heavy (non-hydrogen) atoms. The van der Waals surface area contributed by atoms with Gasteiger partial charge in [-0.25, -0.2) is 0 Å². The fourth-order valence-electron chi connectivity index (χ4n) is 1.56. The fourth-order valence-corrected chi connectivity index (χ4v) is 1.56. The Kier molecular flexibility index (Phi) is 4.69. The van der Waals surface area contributed by atoms with Crippen LogP contribution in [0.15, 0.2) is 24.3 Å². The molecule has 0 radical (unpaired) electrons. The van der Waals surface area contributed by atoms with E-state index < -0.39 is 5.97 Å². The van der Waals surface area contributed by atoms with Crippen LogP contribution in [0.4, 0.5) is 0 Å². The molecule has 0 fully saturated rings. The van der Waals surface area contributed by atoms with Crippen molar-refractivity contribution in [1.82, 2.24) is 4.90 Å². The van der Waals surface area contributed by atoms with E-state index in [9.17, 15) is 9.59 Å². The average Bonchev–Trinajstić information content (AvgIpc) is 2.28. The number of rotatable bonds is 5. The molecule has 1 N–H and O–H groups in total. The molecule has 4 heteroatoms. The first-order valence-electron chi connectivity index (χ1n) is 5.56. The molecule has 1 aromatic rings. The summed E-state index contributed by atoms with van der Waals surface area (Å²) in [4.78, 5) is 23.4. The standard InChI is InChI=1S/C13H17NO3/c1-3-10-5-4-6-11(7-10)8-12(15)14(2)9-13(16)17/h4-7H,3,8-9H2,1-2H3,(H,16,17). The SMILES string of the molecule is CCc1cccc(CC(=O)N(C)CC(=O)O)c1. The summed E-state index contributed by atoms with van der Waals surface area (Å²) in [5.74, 6) is -1.18. The van der Waals surface area contributed by atoms with Gasteiger partial charge in [0.25, 0.3) is 0 Å². The van der Waals surface area contributed by atoms with Crippen LogP contribution in [0.25, 0.3) is 0 Å². The molecule has 1 rings (SSSR count). The maximum atomic E-state index is 11.7. The van der Waals surface area contributed by atoms with Crippen LogP contribution in [-0.2, 0) is 22.4 Å². The Morgan fingerprint density at radius 3 is 2.53 bits per heavy atom. The van der Waals surface area contributed by atoms with Gasteiger partial charge in [-0.15, -0.1) is 0 Å². The third-order valence-electron chi connectivity index (χ3n) is 2.55. The quantitative estimate of drug-likeness (QED) is 0.837. The molecule has 4 nitrogen and oxygen atoms in total. The number of hydrogen-bond acceptors (Lipinski definition) is 2. The van der Waals surface area contributed by atoms with Crippen molar-refractivity contribution in [2.45, 2.75) is 19.8 Å². The third-order valence-corrected chi connectivity index (χ3v) is 2.55. The molecular weight excluding hydrogens is 218 g/mol. The number of aryl methyl sites for hydroxylation is 1. The van der Waals surface area contributed by atoms with Gasteiger partial charge in [-0.05, 0) is 17.5 Å². The summed E-state index contributed by atoms with van der Waals surface area (Å²) in [6.07, 6.45) is 1.17. The molecule has 0 heterocycles. The molecule has 1 amide bonds. The molecule has 0 bridgehead atoms. The number of likely N-dealkylation sites (N-methyl/N-ethyl adjacent to an activating group) is 1. The maximum absolute atomic E-state index is 11.7. The van der Waals surface area contributed by atoms with Crippen LogP contribution in [0.1, 0.15) is 18.1 Å². The molecule has 0 saturated heterocycles. The monoisotopic (exact) mass is 235 g/mol. The number of hydrogen-bond donors (Lipinski definition) is 1. The third kappa shape index (κ3) is 4.26. The minimum Gasteiger partial charge on any atom is -0.480 e. The van der Waals surface area contributed by atoms with Crippen molar-refractivity contribution >= 4 is 11.9 Å². The Labute approximate surface area is 101 Å². The second-order valence-electron chi connectivity index (χ2n) is 3.99. The number of carboxylic acid groups (broad SMARTS) is 1. The zero-order chi connectivity index (χ0) is 12.8. The Balaban J connectivity index is 2.64. The highest BCUT2D eigenvalue weighted by Gasteiger charge is 2.12. The first-order valence-corrected chi connectivity index (χ1v) is 5.56. The van der Waals surface area contributed by atoms with Gasteiger partial charge >= 0.3 is 5.97 Å². The lowest BCUT2D eigenvalue weighted by Gasteiger charge is -2.14. The van der Waals surface area contributed by atoms with Gasteiger partial charge in [0, 0.05) is 7.05 Å². The van der Waals surface area contributed by atoms with Crippen LogP contribution in [0, 0.1) is 0 Å². The number of carbonyl (C=O) groups excluding carboxylic acids is 1. The Morgan fingerprint density at radius 1 is 1.29 bits per heavy atom. The normalized spacial score (nSPS) is 10.0. The van der Waals surface area contributed by atoms with Crippen LogP contribution >= 0.6 is 0 Å². The van der Waals surface area contributed by atoms with E-state index in [2.05, 4.69) is 6.92 Å². The number of nitrogens with zero attached hydrogens (tertiary/aromatic N) is 1. The Hall–Kier alpha value is -1.84. The topological polar surface area (TPSA) is 57.6 Å². The van der Waals surface area contributed by atoms with E-state index in [0.717, 1.165) is 12.0 Å². The van der Waals surface area contributed by atoms with Crippen molar-refractivity contribution in [3.05, 3.63) is 35.4 Å². The molecule has 0 aliphatic heterocycles. The molecule has 0 aliphatic rings. The van der Waals surface area contributed by atoms with Gasteiger partial charge < -0.3 is 10.0 Å². The van der Waals surface area contributed by atoms with Crippen molar-refractivity contribution in [2.75, 3.05) is 13.6 Å². The Bertz CT molecular complexity index is 415. The molecule has 0 aliphatic carbocycles. The van der Waals surface area contributed by atoms with Crippen LogP contribution in [0.3, 0.4) is 0 Å². The predicted molar refractivity (Wildman–Crippen MR) is 64.8 cm³/mol. The van der Waals surface area contributed by atoms with Crippen molar-refractivity contribution < 1.29 is 14.7 Å². The van der Waals surface area contributed by atoms with E-state index in [1.165, 1.54) is 17.5 Å². The second kappa shape index (κ2) is 6.03. The highest BCUT2D eigenvalue weighted by Crippen LogP contribution is 2.07. The van der Waals surface area contributed by atoms with Gasteiger partial charge in [0.1, 0.15) is 6.54 Å². The van der Waals surface area contributed by atoms with Crippen molar-refractivity contribution in [2.24, 2.45) is 0 Å². The largest absolute Gasteiger partial charge is 0.480 e. The van der Waals surface area contributed by atoms with E-state index in [-0.39, 0.29) is 18.9 Å². The predicted octanol–water partition coefficient (Wildman–Crippen LogP) is 1.33. The lowest BCUT2D eigenvalue weighted by Crippen LogP contribution is -2.33. The molecule has 0 spiro atoms. The molecule has 0 saturated carbocycles. The van der Waals surface area contributed by atoms with Crippen molar-refractivity contribution in [3.8, 4) is 0 Å². The van der Waals surface area contributed by atoms with Gasteiger partial charge in [0.05, 0.1) is 6.42 Å². The summed E-state index contributed by atoms with van der Waals surface area (Å²) < 4.78 is 0.